The molecule has 0 radical (unpaired) electrons. The van der Waals surface area contributed by atoms with Crippen LogP contribution < -0.4 is 0 Å². The minimum absolute atomic E-state index is 0.131. The van der Waals surface area contributed by atoms with E-state index in [4.69, 9.17) is 4.98 Å². The molecule has 6 nitrogen and oxygen atoms in total. The first-order valence-corrected chi connectivity index (χ1v) is 8.21. The van der Waals surface area contributed by atoms with E-state index in [1.54, 1.807) is 13.1 Å². The zero-order valence-electron chi connectivity index (χ0n) is 14.0. The van der Waals surface area contributed by atoms with Crippen LogP contribution in [0.25, 0.3) is 11.4 Å². The molecule has 0 aliphatic carbocycles. The maximum Gasteiger partial charge on any atom is 0.219 e. The van der Waals surface area contributed by atoms with Gasteiger partial charge in [-0.2, -0.15) is 5.10 Å². The van der Waals surface area contributed by atoms with Gasteiger partial charge in [-0.15, -0.1) is 0 Å². The third-order valence-corrected chi connectivity index (χ3v) is 4.38. The summed E-state index contributed by atoms with van der Waals surface area (Å²) in [7, 11) is 0. The molecule has 0 aromatic carbocycles. The summed E-state index contributed by atoms with van der Waals surface area (Å²) in [5, 5.41) is 4.32. The highest BCUT2D eigenvalue weighted by Gasteiger charge is 2.25. The maximum absolute atomic E-state index is 11.7. The largest absolute Gasteiger partial charge is 0.342 e. The summed E-state index contributed by atoms with van der Waals surface area (Å²) < 4.78 is 1.94. The number of likely N-dealkylation sites (tertiary alicyclic amines) is 1. The molecule has 0 bridgehead atoms. The van der Waals surface area contributed by atoms with Crippen LogP contribution in [0, 0.1) is 6.92 Å². The van der Waals surface area contributed by atoms with Crippen LogP contribution in [0.2, 0.25) is 0 Å². The van der Waals surface area contributed by atoms with Gasteiger partial charge in [-0.1, -0.05) is 0 Å². The second kappa shape index (κ2) is 6.48. The van der Waals surface area contributed by atoms with Gasteiger partial charge in [0.05, 0.1) is 11.4 Å². The first-order chi connectivity index (χ1) is 11.1. The summed E-state index contributed by atoms with van der Waals surface area (Å²) in [6.07, 6.45) is 3.83. The highest BCUT2D eigenvalue weighted by atomic mass is 16.2. The lowest BCUT2D eigenvalue weighted by atomic mass is 9.97. The lowest BCUT2D eigenvalue weighted by Gasteiger charge is -2.31. The Morgan fingerprint density at radius 1 is 1.39 bits per heavy atom. The average molecular weight is 313 g/mol. The Morgan fingerprint density at radius 3 is 2.96 bits per heavy atom. The fourth-order valence-electron chi connectivity index (χ4n) is 3.18. The van der Waals surface area contributed by atoms with Gasteiger partial charge in [-0.05, 0) is 38.8 Å². The van der Waals surface area contributed by atoms with Gasteiger partial charge in [-0.25, -0.2) is 9.97 Å². The Labute approximate surface area is 136 Å². The van der Waals surface area contributed by atoms with Crippen molar-refractivity contribution in [2.45, 2.75) is 46.1 Å². The van der Waals surface area contributed by atoms with E-state index in [-0.39, 0.29) is 11.8 Å². The van der Waals surface area contributed by atoms with Gasteiger partial charge < -0.3 is 4.90 Å². The molecule has 1 fully saturated rings. The zero-order chi connectivity index (χ0) is 16.4. The van der Waals surface area contributed by atoms with E-state index < -0.39 is 0 Å². The molecule has 6 heteroatoms. The van der Waals surface area contributed by atoms with Gasteiger partial charge in [0.25, 0.3) is 0 Å². The van der Waals surface area contributed by atoms with Crippen molar-refractivity contribution in [3.8, 4) is 11.4 Å². The van der Waals surface area contributed by atoms with E-state index in [0.29, 0.717) is 6.54 Å². The monoisotopic (exact) mass is 313 g/mol. The summed E-state index contributed by atoms with van der Waals surface area (Å²) in [4.78, 5) is 23.0. The molecular weight excluding hydrogens is 290 g/mol. The number of aromatic nitrogens is 4. The summed E-state index contributed by atoms with van der Waals surface area (Å²) in [5.41, 5.74) is 2.87. The van der Waals surface area contributed by atoms with E-state index in [1.807, 2.05) is 28.6 Å². The summed E-state index contributed by atoms with van der Waals surface area (Å²) >= 11 is 0. The molecule has 122 valence electrons. The zero-order valence-corrected chi connectivity index (χ0v) is 14.0. The van der Waals surface area contributed by atoms with Gasteiger partial charge >= 0.3 is 0 Å². The van der Waals surface area contributed by atoms with Gasteiger partial charge in [0.2, 0.25) is 5.91 Å². The molecule has 1 amide bonds. The predicted molar refractivity (Wildman–Crippen MR) is 87.9 cm³/mol. The third kappa shape index (κ3) is 3.25. The number of hydrogen-bond donors (Lipinski definition) is 0. The van der Waals surface area contributed by atoms with Gasteiger partial charge in [0, 0.05) is 44.4 Å². The van der Waals surface area contributed by atoms with Crippen molar-refractivity contribution in [2.75, 3.05) is 13.1 Å². The second-order valence-electron chi connectivity index (χ2n) is 6.09. The number of piperidine rings is 1. The van der Waals surface area contributed by atoms with Gasteiger partial charge in [0.1, 0.15) is 5.82 Å². The molecule has 1 aliphatic rings. The van der Waals surface area contributed by atoms with E-state index in [0.717, 1.165) is 48.8 Å². The van der Waals surface area contributed by atoms with Crippen molar-refractivity contribution >= 4 is 5.91 Å². The van der Waals surface area contributed by atoms with E-state index in [9.17, 15) is 4.79 Å². The molecule has 3 rings (SSSR count). The molecule has 0 saturated carbocycles. The van der Waals surface area contributed by atoms with Crippen LogP contribution in [0.4, 0.5) is 0 Å². The van der Waals surface area contributed by atoms with Crippen LogP contribution >= 0.6 is 0 Å². The van der Waals surface area contributed by atoms with Crippen molar-refractivity contribution in [1.82, 2.24) is 24.6 Å². The molecule has 0 N–H and O–H groups in total. The van der Waals surface area contributed by atoms with Crippen LogP contribution in [0.3, 0.4) is 0 Å². The second-order valence-corrected chi connectivity index (χ2v) is 6.09. The minimum atomic E-state index is 0.131. The molecule has 0 spiro atoms. The Hall–Kier alpha value is -2.24. The van der Waals surface area contributed by atoms with Crippen LogP contribution in [0.5, 0.6) is 0 Å². The number of hydrogen-bond acceptors (Lipinski definition) is 4. The Kier molecular flexibility index (Phi) is 4.41. The molecule has 1 aliphatic heterocycles. The third-order valence-electron chi connectivity index (χ3n) is 4.38. The molecule has 1 atom stereocenters. The maximum atomic E-state index is 11.7. The lowest BCUT2D eigenvalue weighted by Crippen LogP contribution is -2.38. The van der Waals surface area contributed by atoms with E-state index >= 15 is 0 Å². The Morgan fingerprint density at radius 2 is 2.22 bits per heavy atom. The minimum Gasteiger partial charge on any atom is -0.342 e. The molecule has 2 aromatic rings. The summed E-state index contributed by atoms with van der Waals surface area (Å²) in [5.74, 6) is 1.19. The predicted octanol–water partition coefficient (Wildman–Crippen LogP) is 2.39. The van der Waals surface area contributed by atoms with Crippen LogP contribution in [0.1, 0.15) is 44.1 Å². The van der Waals surface area contributed by atoms with Crippen molar-refractivity contribution < 1.29 is 4.79 Å². The molecular formula is C17H23N5O. The standard InChI is InChI=1S/C17H23N5O/c1-4-22-16(7-8-18-22)15-10-12(2)19-17(20-15)14-6-5-9-21(11-14)13(3)23/h7-8,10,14H,4-6,9,11H2,1-3H3. The van der Waals surface area contributed by atoms with Crippen molar-refractivity contribution in [1.29, 1.82) is 0 Å². The summed E-state index contributed by atoms with van der Waals surface area (Å²) in [6, 6.07) is 3.98. The lowest BCUT2D eigenvalue weighted by molar-refractivity contribution is -0.130. The fourth-order valence-corrected chi connectivity index (χ4v) is 3.18. The topological polar surface area (TPSA) is 63.9 Å². The van der Waals surface area contributed by atoms with Crippen LogP contribution in [-0.2, 0) is 11.3 Å². The van der Waals surface area contributed by atoms with Crippen molar-refractivity contribution in [3.05, 3.63) is 29.8 Å². The Bertz CT molecular complexity index is 709. The highest BCUT2D eigenvalue weighted by Crippen LogP contribution is 2.27. The van der Waals surface area contributed by atoms with E-state index in [1.165, 1.54) is 0 Å². The number of amides is 1. The SMILES string of the molecule is CCn1nccc1-c1cc(C)nc(C2CCCN(C(C)=O)C2)n1. The summed E-state index contributed by atoms with van der Waals surface area (Å²) in [6.45, 7) is 8.05. The number of carbonyl (C=O) groups excluding carboxylic acids is 1. The quantitative estimate of drug-likeness (QED) is 0.873. The van der Waals surface area contributed by atoms with Crippen LogP contribution in [-0.4, -0.2) is 43.6 Å². The first kappa shape index (κ1) is 15.6. The molecule has 3 heterocycles. The van der Waals surface area contributed by atoms with Crippen LogP contribution in [0.15, 0.2) is 18.3 Å². The fraction of sp³-hybridized carbons (Fsp3) is 0.529. The van der Waals surface area contributed by atoms with E-state index in [2.05, 4.69) is 17.0 Å². The molecule has 1 unspecified atom stereocenters. The first-order valence-electron chi connectivity index (χ1n) is 8.21. The van der Waals surface area contributed by atoms with Gasteiger partial charge in [-0.3, -0.25) is 9.48 Å². The highest BCUT2D eigenvalue weighted by molar-refractivity contribution is 5.73. The average Bonchev–Trinajstić information content (AvgIpc) is 3.03. The molecule has 2 aromatic heterocycles. The smallest absolute Gasteiger partial charge is 0.219 e. The normalized spacial score (nSPS) is 18.2. The van der Waals surface area contributed by atoms with Crippen molar-refractivity contribution in [3.63, 3.8) is 0 Å². The molecule has 23 heavy (non-hydrogen) atoms. The number of rotatable bonds is 3. The van der Waals surface area contributed by atoms with Gasteiger partial charge in [0.15, 0.2) is 0 Å². The Balaban J connectivity index is 1.93. The number of nitrogens with zero attached hydrogens (tertiary/aromatic N) is 5. The van der Waals surface area contributed by atoms with Crippen molar-refractivity contribution in [2.24, 2.45) is 0 Å². The number of carbonyl (C=O) groups is 1. The number of aryl methyl sites for hydroxylation is 2. The molecule has 1 saturated heterocycles.